The minimum absolute atomic E-state index is 0.0248. The van der Waals surface area contributed by atoms with Gasteiger partial charge in [0, 0.05) is 30.9 Å². The SMILES string of the molecule is O=C(NCc1ccccc1Cn1cccn1)NC1CCCc2occc21. The third-order valence-electron chi connectivity index (χ3n) is 4.81. The summed E-state index contributed by atoms with van der Waals surface area (Å²) in [6.45, 7) is 1.17. The first-order valence-electron chi connectivity index (χ1n) is 8.94. The zero-order chi connectivity index (χ0) is 17.8. The Kier molecular flexibility index (Phi) is 4.73. The second kappa shape index (κ2) is 7.47. The molecule has 1 aromatic carbocycles. The Balaban J connectivity index is 1.37. The van der Waals surface area contributed by atoms with Crippen LogP contribution >= 0.6 is 0 Å². The van der Waals surface area contributed by atoms with E-state index in [2.05, 4.69) is 21.8 Å². The van der Waals surface area contributed by atoms with Gasteiger partial charge in [0.25, 0.3) is 0 Å². The van der Waals surface area contributed by atoms with Gasteiger partial charge >= 0.3 is 6.03 Å². The molecule has 134 valence electrons. The molecule has 0 fully saturated rings. The molecular formula is C20H22N4O2. The molecule has 0 aliphatic heterocycles. The number of fused-ring (bicyclic) bond motifs is 1. The maximum absolute atomic E-state index is 12.4. The van der Waals surface area contributed by atoms with E-state index < -0.39 is 0 Å². The van der Waals surface area contributed by atoms with Gasteiger partial charge in [0.2, 0.25) is 0 Å². The molecule has 2 amide bonds. The molecule has 0 saturated carbocycles. The van der Waals surface area contributed by atoms with Crippen LogP contribution in [0.3, 0.4) is 0 Å². The van der Waals surface area contributed by atoms with E-state index in [-0.39, 0.29) is 12.1 Å². The van der Waals surface area contributed by atoms with Crippen molar-refractivity contribution in [2.75, 3.05) is 0 Å². The summed E-state index contributed by atoms with van der Waals surface area (Å²) in [7, 11) is 0. The lowest BCUT2D eigenvalue weighted by Crippen LogP contribution is -2.38. The van der Waals surface area contributed by atoms with Crippen molar-refractivity contribution in [3.05, 3.63) is 77.5 Å². The van der Waals surface area contributed by atoms with Crippen LogP contribution in [0.2, 0.25) is 0 Å². The quantitative estimate of drug-likeness (QED) is 0.741. The van der Waals surface area contributed by atoms with E-state index in [1.54, 1.807) is 12.5 Å². The molecule has 26 heavy (non-hydrogen) atoms. The van der Waals surface area contributed by atoms with Crippen molar-refractivity contribution in [2.24, 2.45) is 0 Å². The standard InChI is InChI=1S/C20H22N4O2/c25-20(23-18-7-3-8-19-17(18)9-12-26-19)21-13-15-5-1-2-6-16(15)14-24-11-4-10-22-24/h1-2,4-6,9-12,18H,3,7-8,13-14H2,(H2,21,23,25). The molecule has 0 radical (unpaired) electrons. The monoisotopic (exact) mass is 350 g/mol. The molecule has 3 aromatic rings. The summed E-state index contributed by atoms with van der Waals surface area (Å²) in [5.74, 6) is 0.992. The lowest BCUT2D eigenvalue weighted by atomic mass is 9.93. The molecule has 2 heterocycles. The lowest BCUT2D eigenvalue weighted by Gasteiger charge is -2.23. The number of carbonyl (C=O) groups is 1. The number of urea groups is 1. The molecule has 2 N–H and O–H groups in total. The van der Waals surface area contributed by atoms with Crippen LogP contribution in [0.1, 0.15) is 41.3 Å². The zero-order valence-electron chi connectivity index (χ0n) is 14.5. The fourth-order valence-corrected chi connectivity index (χ4v) is 3.47. The molecule has 1 aliphatic rings. The van der Waals surface area contributed by atoms with Crippen molar-refractivity contribution < 1.29 is 9.21 Å². The van der Waals surface area contributed by atoms with Gasteiger partial charge in [0.1, 0.15) is 5.76 Å². The summed E-state index contributed by atoms with van der Waals surface area (Å²) in [5.41, 5.74) is 3.34. The highest BCUT2D eigenvalue weighted by Gasteiger charge is 2.23. The van der Waals surface area contributed by atoms with E-state index in [0.29, 0.717) is 13.1 Å². The number of aryl methyl sites for hydroxylation is 1. The summed E-state index contributed by atoms with van der Waals surface area (Å²) < 4.78 is 7.36. The van der Waals surface area contributed by atoms with Crippen LogP contribution in [0.4, 0.5) is 4.79 Å². The van der Waals surface area contributed by atoms with Crippen LogP contribution in [-0.2, 0) is 19.5 Å². The Bertz CT molecular complexity index is 870. The Morgan fingerprint density at radius 1 is 1.23 bits per heavy atom. The van der Waals surface area contributed by atoms with Crippen molar-refractivity contribution in [2.45, 2.75) is 38.4 Å². The molecule has 0 bridgehead atoms. The number of nitrogens with zero attached hydrogens (tertiary/aromatic N) is 2. The first-order valence-corrected chi connectivity index (χ1v) is 8.94. The van der Waals surface area contributed by atoms with E-state index in [9.17, 15) is 4.79 Å². The van der Waals surface area contributed by atoms with Crippen molar-refractivity contribution in [1.29, 1.82) is 0 Å². The largest absolute Gasteiger partial charge is 0.469 e. The van der Waals surface area contributed by atoms with E-state index >= 15 is 0 Å². The van der Waals surface area contributed by atoms with Crippen molar-refractivity contribution in [3.63, 3.8) is 0 Å². The smallest absolute Gasteiger partial charge is 0.315 e. The number of furan rings is 1. The Morgan fingerprint density at radius 2 is 2.12 bits per heavy atom. The van der Waals surface area contributed by atoms with Crippen molar-refractivity contribution in [3.8, 4) is 0 Å². The lowest BCUT2D eigenvalue weighted by molar-refractivity contribution is 0.234. The number of nitrogens with one attached hydrogen (secondary N) is 2. The average molecular weight is 350 g/mol. The van der Waals surface area contributed by atoms with Crippen LogP contribution in [0, 0.1) is 0 Å². The number of rotatable bonds is 5. The second-order valence-electron chi connectivity index (χ2n) is 6.54. The molecule has 1 atom stereocenters. The summed E-state index contributed by atoms with van der Waals surface area (Å²) in [4.78, 5) is 12.4. The first-order chi connectivity index (χ1) is 12.8. The highest BCUT2D eigenvalue weighted by molar-refractivity contribution is 5.74. The molecule has 0 saturated heterocycles. The highest BCUT2D eigenvalue weighted by Crippen LogP contribution is 2.30. The van der Waals surface area contributed by atoms with Gasteiger partial charge in [0.05, 0.1) is 18.8 Å². The number of amides is 2. The maximum atomic E-state index is 12.4. The Hall–Kier alpha value is -3.02. The van der Waals surface area contributed by atoms with Crippen LogP contribution in [0.25, 0.3) is 0 Å². The normalized spacial score (nSPS) is 16.1. The van der Waals surface area contributed by atoms with Gasteiger partial charge in [-0.25, -0.2) is 4.79 Å². The Morgan fingerprint density at radius 3 is 2.96 bits per heavy atom. The molecule has 2 aromatic heterocycles. The highest BCUT2D eigenvalue weighted by atomic mass is 16.3. The van der Waals surface area contributed by atoms with E-state index in [0.717, 1.165) is 41.7 Å². The summed E-state index contributed by atoms with van der Waals surface area (Å²) in [6, 6.07) is 11.8. The summed E-state index contributed by atoms with van der Waals surface area (Å²) in [6.07, 6.45) is 8.32. The van der Waals surface area contributed by atoms with Crippen LogP contribution in [0.5, 0.6) is 0 Å². The molecule has 1 aliphatic carbocycles. The molecule has 4 rings (SSSR count). The predicted molar refractivity (Wildman–Crippen MR) is 97.5 cm³/mol. The van der Waals surface area contributed by atoms with Gasteiger partial charge in [-0.15, -0.1) is 0 Å². The van der Waals surface area contributed by atoms with E-state index in [1.165, 1.54) is 0 Å². The van der Waals surface area contributed by atoms with Gasteiger partial charge in [-0.3, -0.25) is 4.68 Å². The third-order valence-corrected chi connectivity index (χ3v) is 4.81. The molecular weight excluding hydrogens is 328 g/mol. The molecule has 6 heteroatoms. The number of hydrogen-bond acceptors (Lipinski definition) is 3. The van der Waals surface area contributed by atoms with Gasteiger partial charge < -0.3 is 15.1 Å². The van der Waals surface area contributed by atoms with Gasteiger partial charge in [0.15, 0.2) is 0 Å². The number of benzene rings is 1. The fourth-order valence-electron chi connectivity index (χ4n) is 3.47. The molecule has 6 nitrogen and oxygen atoms in total. The summed E-state index contributed by atoms with van der Waals surface area (Å²) >= 11 is 0. The van der Waals surface area contributed by atoms with Gasteiger partial charge in [-0.2, -0.15) is 5.10 Å². The summed E-state index contributed by atoms with van der Waals surface area (Å²) in [5, 5.41) is 10.3. The number of aromatic nitrogens is 2. The van der Waals surface area contributed by atoms with Crippen LogP contribution in [-0.4, -0.2) is 15.8 Å². The van der Waals surface area contributed by atoms with Crippen molar-refractivity contribution >= 4 is 6.03 Å². The fraction of sp³-hybridized carbons (Fsp3) is 0.300. The third kappa shape index (κ3) is 3.64. The van der Waals surface area contributed by atoms with Gasteiger partial charge in [-0.05, 0) is 36.1 Å². The molecule has 0 spiro atoms. The van der Waals surface area contributed by atoms with E-state index in [1.807, 2.05) is 41.2 Å². The topological polar surface area (TPSA) is 72.1 Å². The average Bonchev–Trinajstić information content (AvgIpc) is 3.33. The minimum atomic E-state index is -0.155. The first kappa shape index (κ1) is 16.4. The minimum Gasteiger partial charge on any atom is -0.469 e. The van der Waals surface area contributed by atoms with Crippen LogP contribution < -0.4 is 10.6 Å². The van der Waals surface area contributed by atoms with Crippen LogP contribution in [0.15, 0.2) is 59.5 Å². The number of hydrogen-bond donors (Lipinski definition) is 2. The van der Waals surface area contributed by atoms with Crippen molar-refractivity contribution in [1.82, 2.24) is 20.4 Å². The van der Waals surface area contributed by atoms with Gasteiger partial charge in [-0.1, -0.05) is 24.3 Å². The zero-order valence-corrected chi connectivity index (χ0v) is 14.5. The maximum Gasteiger partial charge on any atom is 0.315 e. The van der Waals surface area contributed by atoms with E-state index in [4.69, 9.17) is 4.42 Å². The second-order valence-corrected chi connectivity index (χ2v) is 6.54. The predicted octanol–water partition coefficient (Wildman–Crippen LogP) is 3.40. The Labute approximate surface area is 152 Å². The molecule has 1 unspecified atom stereocenters. The number of carbonyl (C=O) groups excluding carboxylic acids is 1.